The van der Waals surface area contributed by atoms with Gasteiger partial charge in [-0.05, 0) is 19.9 Å². The molecule has 20 heavy (non-hydrogen) atoms. The molecule has 0 saturated carbocycles. The second kappa shape index (κ2) is 5.16. The summed E-state index contributed by atoms with van der Waals surface area (Å²) in [4.78, 5) is 12.0. The Morgan fingerprint density at radius 3 is 2.90 bits per heavy atom. The van der Waals surface area contributed by atoms with Crippen molar-refractivity contribution in [2.24, 2.45) is 0 Å². The van der Waals surface area contributed by atoms with Crippen molar-refractivity contribution in [2.75, 3.05) is 6.79 Å². The van der Waals surface area contributed by atoms with Gasteiger partial charge in [-0.1, -0.05) is 6.08 Å². The molecule has 2 N–H and O–H groups in total. The largest absolute Gasteiger partial charge is 0.468 e. The molecule has 2 aliphatic rings. The van der Waals surface area contributed by atoms with Gasteiger partial charge in [-0.25, -0.2) is 0 Å². The third-order valence-corrected chi connectivity index (χ3v) is 3.61. The van der Waals surface area contributed by atoms with Crippen molar-refractivity contribution in [3.05, 3.63) is 36.1 Å². The van der Waals surface area contributed by atoms with E-state index in [0.717, 1.165) is 0 Å². The first-order valence-electron chi connectivity index (χ1n) is 6.55. The quantitative estimate of drug-likeness (QED) is 0.741. The van der Waals surface area contributed by atoms with Gasteiger partial charge in [0.2, 0.25) is 0 Å². The highest BCUT2D eigenvalue weighted by Gasteiger charge is 2.43. The summed E-state index contributed by atoms with van der Waals surface area (Å²) in [6.45, 7) is 6.78. The van der Waals surface area contributed by atoms with Crippen molar-refractivity contribution in [3.8, 4) is 0 Å². The molecule has 1 aliphatic heterocycles. The predicted molar refractivity (Wildman–Crippen MR) is 72.7 cm³/mol. The van der Waals surface area contributed by atoms with Crippen molar-refractivity contribution in [1.82, 2.24) is 0 Å². The fourth-order valence-electron chi connectivity index (χ4n) is 2.28. The molecule has 5 heteroatoms. The molecule has 1 heterocycles. The Bertz CT molecular complexity index is 483. The maximum atomic E-state index is 12.0. The average Bonchev–Trinajstić information content (AvgIpc) is 2.71. The number of allylic oxidation sites excluding steroid dienone is 1. The molecular formula is C15H20O5. The lowest BCUT2D eigenvalue weighted by Gasteiger charge is -2.29. The zero-order valence-corrected chi connectivity index (χ0v) is 11.8. The summed E-state index contributed by atoms with van der Waals surface area (Å²) in [6, 6.07) is 0. The number of hydrogen-bond acceptors (Lipinski definition) is 5. The number of carbonyl (C=O) groups excluding carboxylic acids is 1. The maximum Gasteiger partial charge on any atom is 0.190 e. The van der Waals surface area contributed by atoms with Gasteiger partial charge >= 0.3 is 0 Å². The van der Waals surface area contributed by atoms with Crippen molar-refractivity contribution >= 4 is 5.78 Å². The summed E-state index contributed by atoms with van der Waals surface area (Å²) >= 11 is 0. The number of rotatable bonds is 5. The van der Waals surface area contributed by atoms with E-state index in [1.807, 2.05) is 0 Å². The summed E-state index contributed by atoms with van der Waals surface area (Å²) in [5, 5.41) is 19.7. The smallest absolute Gasteiger partial charge is 0.190 e. The van der Waals surface area contributed by atoms with E-state index >= 15 is 0 Å². The van der Waals surface area contributed by atoms with Crippen LogP contribution in [0.25, 0.3) is 0 Å². The summed E-state index contributed by atoms with van der Waals surface area (Å²) in [7, 11) is 0. The average molecular weight is 280 g/mol. The number of hydrogen-bond donors (Lipinski definition) is 2. The molecule has 2 atom stereocenters. The van der Waals surface area contributed by atoms with Crippen molar-refractivity contribution in [1.29, 1.82) is 0 Å². The first kappa shape index (κ1) is 15.0. The molecule has 0 radical (unpaired) electrons. The summed E-state index contributed by atoms with van der Waals surface area (Å²) in [5.74, 6) is 0.248. The van der Waals surface area contributed by atoms with Crippen LogP contribution in [-0.2, 0) is 14.3 Å². The van der Waals surface area contributed by atoms with Crippen LogP contribution in [0.1, 0.15) is 26.7 Å². The fourth-order valence-corrected chi connectivity index (χ4v) is 2.28. The highest BCUT2D eigenvalue weighted by Crippen LogP contribution is 2.39. The Morgan fingerprint density at radius 1 is 1.60 bits per heavy atom. The van der Waals surface area contributed by atoms with Crippen LogP contribution in [0.2, 0.25) is 0 Å². The monoisotopic (exact) mass is 280 g/mol. The zero-order valence-electron chi connectivity index (χ0n) is 11.8. The van der Waals surface area contributed by atoms with Gasteiger partial charge in [0.1, 0.15) is 5.76 Å². The molecule has 0 spiro atoms. The molecule has 2 unspecified atom stereocenters. The van der Waals surface area contributed by atoms with E-state index in [1.54, 1.807) is 12.2 Å². The minimum absolute atomic E-state index is 0.0639. The Morgan fingerprint density at radius 2 is 2.30 bits per heavy atom. The Labute approximate surface area is 118 Å². The molecule has 1 saturated heterocycles. The van der Waals surface area contributed by atoms with Gasteiger partial charge in [-0.2, -0.15) is 0 Å². The van der Waals surface area contributed by atoms with E-state index < -0.39 is 17.3 Å². The molecule has 5 nitrogen and oxygen atoms in total. The van der Waals surface area contributed by atoms with Gasteiger partial charge in [-0.3, -0.25) is 4.79 Å². The summed E-state index contributed by atoms with van der Waals surface area (Å²) in [6.07, 6.45) is 4.27. The van der Waals surface area contributed by atoms with Crippen LogP contribution >= 0.6 is 0 Å². The van der Waals surface area contributed by atoms with Crippen LogP contribution < -0.4 is 0 Å². The Hall–Kier alpha value is -1.43. The van der Waals surface area contributed by atoms with E-state index in [1.165, 1.54) is 19.9 Å². The van der Waals surface area contributed by atoms with Crippen LogP contribution in [0.5, 0.6) is 0 Å². The second-order valence-electron chi connectivity index (χ2n) is 5.70. The molecule has 0 amide bonds. The second-order valence-corrected chi connectivity index (χ2v) is 5.70. The number of aliphatic hydroxyl groups is 2. The van der Waals surface area contributed by atoms with Gasteiger partial charge in [0.15, 0.2) is 18.2 Å². The van der Waals surface area contributed by atoms with E-state index in [9.17, 15) is 15.0 Å². The molecular weight excluding hydrogens is 260 g/mol. The van der Waals surface area contributed by atoms with Crippen LogP contribution in [-0.4, -0.2) is 40.1 Å². The van der Waals surface area contributed by atoms with Crippen LogP contribution in [0.4, 0.5) is 0 Å². The van der Waals surface area contributed by atoms with Gasteiger partial charge in [0, 0.05) is 24.5 Å². The SMILES string of the molecule is C=CCC12C=C(CC(O)C(C)(C)O)C(=O)C=C1OCO2. The molecule has 0 aromatic carbocycles. The Kier molecular flexibility index (Phi) is 3.86. The van der Waals surface area contributed by atoms with E-state index in [0.29, 0.717) is 17.8 Å². The lowest BCUT2D eigenvalue weighted by molar-refractivity contribution is -0.112. The molecule has 0 aromatic rings. The van der Waals surface area contributed by atoms with Crippen molar-refractivity contribution in [2.45, 2.75) is 44.0 Å². The number of ketones is 1. The molecule has 110 valence electrons. The Balaban J connectivity index is 2.27. The fraction of sp³-hybridized carbons (Fsp3) is 0.533. The van der Waals surface area contributed by atoms with E-state index in [2.05, 4.69) is 6.58 Å². The maximum absolute atomic E-state index is 12.0. The zero-order chi connectivity index (χ0) is 15.0. The lowest BCUT2D eigenvalue weighted by atomic mass is 9.84. The van der Waals surface area contributed by atoms with Gasteiger partial charge < -0.3 is 19.7 Å². The lowest BCUT2D eigenvalue weighted by Crippen LogP contribution is -2.38. The molecule has 0 bridgehead atoms. The molecule has 2 rings (SSSR count). The molecule has 1 fully saturated rings. The van der Waals surface area contributed by atoms with Crippen LogP contribution in [0.3, 0.4) is 0 Å². The predicted octanol–water partition coefficient (Wildman–Crippen LogP) is 1.22. The van der Waals surface area contributed by atoms with Crippen LogP contribution in [0.15, 0.2) is 36.1 Å². The minimum Gasteiger partial charge on any atom is -0.468 e. The highest BCUT2D eigenvalue weighted by molar-refractivity contribution is 6.06. The number of fused-ring (bicyclic) bond motifs is 1. The third-order valence-electron chi connectivity index (χ3n) is 3.61. The van der Waals surface area contributed by atoms with Gasteiger partial charge in [0.05, 0.1) is 11.7 Å². The first-order chi connectivity index (χ1) is 9.28. The number of ether oxygens (including phenoxy) is 2. The third kappa shape index (κ3) is 2.70. The molecule has 0 aromatic heterocycles. The van der Waals surface area contributed by atoms with Gasteiger partial charge in [0.25, 0.3) is 0 Å². The highest BCUT2D eigenvalue weighted by atomic mass is 16.7. The normalized spacial score (nSPS) is 27.3. The summed E-state index contributed by atoms with van der Waals surface area (Å²) < 4.78 is 10.9. The standard InChI is InChI=1S/C15H20O5/c1-4-5-15-8-10(6-12(17)14(2,3)18)11(16)7-13(15)19-9-20-15/h4,7-8,12,17-18H,1,5-6,9H2,2-3H3. The van der Waals surface area contributed by atoms with Crippen molar-refractivity contribution in [3.63, 3.8) is 0 Å². The van der Waals surface area contributed by atoms with Crippen molar-refractivity contribution < 1.29 is 24.5 Å². The number of carbonyl (C=O) groups is 1. The van der Waals surface area contributed by atoms with E-state index in [4.69, 9.17) is 9.47 Å². The topological polar surface area (TPSA) is 76.0 Å². The van der Waals surface area contributed by atoms with Crippen LogP contribution in [0, 0.1) is 0 Å². The van der Waals surface area contributed by atoms with E-state index in [-0.39, 0.29) is 19.0 Å². The first-order valence-corrected chi connectivity index (χ1v) is 6.55. The number of aliphatic hydroxyl groups excluding tert-OH is 1. The molecule has 1 aliphatic carbocycles. The van der Waals surface area contributed by atoms with Gasteiger partial charge in [-0.15, -0.1) is 6.58 Å². The minimum atomic E-state index is -1.27. The summed E-state index contributed by atoms with van der Waals surface area (Å²) in [5.41, 5.74) is -1.66.